The lowest BCUT2D eigenvalue weighted by atomic mass is 9.88. The minimum atomic E-state index is 0. The van der Waals surface area contributed by atoms with E-state index in [9.17, 15) is 0 Å². The number of ether oxygens (including phenoxy) is 1. The average molecular weight is 502 g/mol. The highest BCUT2D eigenvalue weighted by molar-refractivity contribution is 14.0. The van der Waals surface area contributed by atoms with Crippen molar-refractivity contribution in [3.05, 3.63) is 35.9 Å². The lowest BCUT2D eigenvalue weighted by Crippen LogP contribution is -2.58. The van der Waals surface area contributed by atoms with Gasteiger partial charge in [0.2, 0.25) is 0 Å². The largest absolute Gasteiger partial charge is 0.381 e. The number of hydrogen-bond donors (Lipinski definition) is 3. The Bertz CT molecular complexity index is 559. The summed E-state index contributed by atoms with van der Waals surface area (Å²) in [6, 6.07) is 10.9. The summed E-state index contributed by atoms with van der Waals surface area (Å²) >= 11 is 0. The molecule has 1 saturated heterocycles. The van der Waals surface area contributed by atoms with Crippen LogP contribution < -0.4 is 16.0 Å². The van der Waals surface area contributed by atoms with Crippen molar-refractivity contribution in [1.82, 2.24) is 16.0 Å². The maximum Gasteiger partial charge on any atom is 0.191 e. The van der Waals surface area contributed by atoms with Crippen LogP contribution in [0.25, 0.3) is 0 Å². The van der Waals surface area contributed by atoms with E-state index in [0.29, 0.717) is 6.04 Å². The zero-order valence-corrected chi connectivity index (χ0v) is 20.3. The monoisotopic (exact) mass is 502 g/mol. The molecule has 6 heteroatoms. The van der Waals surface area contributed by atoms with E-state index in [1.165, 1.54) is 18.4 Å². The molecule has 0 amide bonds. The van der Waals surface area contributed by atoms with Gasteiger partial charge in [-0.25, -0.2) is 0 Å². The summed E-state index contributed by atoms with van der Waals surface area (Å²) in [5.74, 6) is 1.63. The first-order chi connectivity index (χ1) is 13.0. The quantitative estimate of drug-likeness (QED) is 0.206. The Morgan fingerprint density at radius 3 is 2.39 bits per heavy atom. The van der Waals surface area contributed by atoms with Crippen molar-refractivity contribution in [2.24, 2.45) is 10.9 Å². The molecule has 0 bridgehead atoms. The average Bonchev–Trinajstić information content (AvgIpc) is 2.68. The first kappa shape index (κ1) is 25.2. The maximum absolute atomic E-state index is 5.63. The Morgan fingerprint density at radius 2 is 1.79 bits per heavy atom. The van der Waals surface area contributed by atoms with E-state index >= 15 is 0 Å². The third-order valence-corrected chi connectivity index (χ3v) is 5.34. The highest BCUT2D eigenvalue weighted by Crippen LogP contribution is 2.25. The van der Waals surface area contributed by atoms with Gasteiger partial charge in [0.1, 0.15) is 0 Å². The summed E-state index contributed by atoms with van der Waals surface area (Å²) in [5.41, 5.74) is 1.34. The summed E-state index contributed by atoms with van der Waals surface area (Å²) < 4.78 is 5.63. The number of nitrogens with zero attached hydrogens (tertiary/aromatic N) is 1. The highest BCUT2D eigenvalue weighted by Gasteiger charge is 2.34. The summed E-state index contributed by atoms with van der Waals surface area (Å²) in [4.78, 5) is 4.39. The molecule has 0 saturated carbocycles. The minimum Gasteiger partial charge on any atom is -0.381 e. The fraction of sp³-hybridized carbons (Fsp3) is 0.682. The van der Waals surface area contributed by atoms with E-state index in [2.05, 4.69) is 72.0 Å². The molecule has 3 N–H and O–H groups in total. The minimum absolute atomic E-state index is 0. The zero-order chi connectivity index (χ0) is 19.5. The number of benzene rings is 1. The molecule has 0 spiro atoms. The van der Waals surface area contributed by atoms with E-state index in [4.69, 9.17) is 4.74 Å². The van der Waals surface area contributed by atoms with E-state index in [-0.39, 0.29) is 29.5 Å². The van der Waals surface area contributed by atoms with Crippen molar-refractivity contribution in [1.29, 1.82) is 0 Å². The van der Waals surface area contributed by atoms with Gasteiger partial charge in [-0.3, -0.25) is 4.99 Å². The molecule has 1 aromatic carbocycles. The van der Waals surface area contributed by atoms with Crippen molar-refractivity contribution in [2.75, 3.05) is 33.4 Å². The Balaban J connectivity index is 0.00000392. The van der Waals surface area contributed by atoms with E-state index in [1.54, 1.807) is 0 Å². The molecule has 1 aromatic rings. The molecule has 5 nitrogen and oxygen atoms in total. The van der Waals surface area contributed by atoms with Crippen molar-refractivity contribution in [2.45, 2.75) is 58.0 Å². The number of aliphatic imine (C=N–C) groups is 1. The van der Waals surface area contributed by atoms with Gasteiger partial charge in [-0.15, -0.1) is 24.0 Å². The van der Waals surface area contributed by atoms with Gasteiger partial charge < -0.3 is 20.7 Å². The predicted octanol–water partition coefficient (Wildman–Crippen LogP) is 4.11. The number of hydrogen-bond acceptors (Lipinski definition) is 3. The van der Waals surface area contributed by atoms with Gasteiger partial charge in [-0.2, -0.15) is 0 Å². The van der Waals surface area contributed by atoms with Gasteiger partial charge >= 0.3 is 0 Å². The van der Waals surface area contributed by atoms with Crippen LogP contribution in [0.5, 0.6) is 0 Å². The second-order valence-corrected chi connectivity index (χ2v) is 8.06. The molecule has 28 heavy (non-hydrogen) atoms. The molecular formula is C22H39IN4O. The van der Waals surface area contributed by atoms with Crippen LogP contribution in [0.2, 0.25) is 0 Å². The summed E-state index contributed by atoms with van der Waals surface area (Å²) in [6.07, 6.45) is 4.41. The van der Waals surface area contributed by atoms with Gasteiger partial charge in [0.25, 0.3) is 0 Å². The van der Waals surface area contributed by atoms with Crippen molar-refractivity contribution >= 4 is 29.9 Å². The fourth-order valence-corrected chi connectivity index (χ4v) is 3.61. The second-order valence-electron chi connectivity index (χ2n) is 8.06. The number of guanidine groups is 1. The fourth-order valence-electron chi connectivity index (χ4n) is 3.61. The van der Waals surface area contributed by atoms with Gasteiger partial charge in [-0.05, 0) is 44.1 Å². The maximum atomic E-state index is 5.63. The molecule has 0 radical (unpaired) electrons. The van der Waals surface area contributed by atoms with E-state index in [0.717, 1.165) is 51.0 Å². The molecule has 1 fully saturated rings. The lowest BCUT2D eigenvalue weighted by molar-refractivity contribution is 0.0355. The van der Waals surface area contributed by atoms with Crippen LogP contribution in [-0.4, -0.2) is 44.8 Å². The van der Waals surface area contributed by atoms with Gasteiger partial charge in [-0.1, -0.05) is 44.2 Å². The first-order valence-electron chi connectivity index (χ1n) is 10.4. The molecule has 0 aromatic heterocycles. The standard InChI is InChI=1S/C22H38N4O.HI/c1-18(2)9-8-14-24-21(23-4)25-17-22(12-15-27-16-13-22)26-19(3)20-10-6-5-7-11-20;/h5-7,10-11,18-19,26H,8-9,12-17H2,1-4H3,(H2,23,24,25);1H. The predicted molar refractivity (Wildman–Crippen MR) is 130 cm³/mol. The summed E-state index contributed by atoms with van der Waals surface area (Å²) in [6.45, 7) is 10.2. The zero-order valence-electron chi connectivity index (χ0n) is 18.0. The topological polar surface area (TPSA) is 57.7 Å². The van der Waals surface area contributed by atoms with Crippen LogP contribution >= 0.6 is 24.0 Å². The molecule has 1 atom stereocenters. The third-order valence-electron chi connectivity index (χ3n) is 5.34. The molecular weight excluding hydrogens is 463 g/mol. The molecule has 1 aliphatic rings. The SMILES string of the molecule is CN=C(NCCCC(C)C)NCC1(NC(C)c2ccccc2)CCOCC1.I. The summed E-state index contributed by atoms with van der Waals surface area (Å²) in [7, 11) is 1.84. The molecule has 0 aliphatic carbocycles. The number of halogens is 1. The van der Waals surface area contributed by atoms with Gasteiger partial charge in [0, 0.05) is 44.9 Å². The van der Waals surface area contributed by atoms with Crippen molar-refractivity contribution in [3.63, 3.8) is 0 Å². The smallest absolute Gasteiger partial charge is 0.191 e. The molecule has 1 heterocycles. The lowest BCUT2D eigenvalue weighted by Gasteiger charge is -2.41. The second kappa shape index (κ2) is 13.4. The van der Waals surface area contributed by atoms with Crippen LogP contribution in [0.4, 0.5) is 0 Å². The molecule has 1 unspecified atom stereocenters. The van der Waals surface area contributed by atoms with Crippen LogP contribution in [-0.2, 0) is 4.74 Å². The number of rotatable bonds is 9. The third kappa shape index (κ3) is 8.66. The number of nitrogens with one attached hydrogen (secondary N) is 3. The van der Waals surface area contributed by atoms with Crippen molar-refractivity contribution < 1.29 is 4.74 Å². The van der Waals surface area contributed by atoms with E-state index in [1.807, 2.05) is 7.05 Å². The van der Waals surface area contributed by atoms with Gasteiger partial charge in [0.05, 0.1) is 0 Å². The first-order valence-corrected chi connectivity index (χ1v) is 10.4. The van der Waals surface area contributed by atoms with Crippen LogP contribution in [0.1, 0.15) is 58.1 Å². The molecule has 2 rings (SSSR count). The Labute approximate surface area is 188 Å². The molecule has 1 aliphatic heterocycles. The van der Waals surface area contributed by atoms with E-state index < -0.39 is 0 Å². The highest BCUT2D eigenvalue weighted by atomic mass is 127. The Hall–Kier alpha value is -0.860. The Morgan fingerprint density at radius 1 is 1.11 bits per heavy atom. The van der Waals surface area contributed by atoms with Crippen LogP contribution in [0.3, 0.4) is 0 Å². The van der Waals surface area contributed by atoms with Gasteiger partial charge in [0.15, 0.2) is 5.96 Å². The van der Waals surface area contributed by atoms with Crippen LogP contribution in [0.15, 0.2) is 35.3 Å². The molecule has 160 valence electrons. The van der Waals surface area contributed by atoms with Crippen molar-refractivity contribution in [3.8, 4) is 0 Å². The normalized spacial score (nSPS) is 17.7. The summed E-state index contributed by atoms with van der Waals surface area (Å²) in [5, 5.41) is 10.9. The van der Waals surface area contributed by atoms with Crippen LogP contribution in [0, 0.1) is 5.92 Å². The Kier molecular flexibility index (Phi) is 12.0.